The van der Waals surface area contributed by atoms with Gasteiger partial charge in [0.15, 0.2) is 0 Å². The van der Waals surface area contributed by atoms with Gasteiger partial charge in [-0.25, -0.2) is 4.79 Å². The number of rotatable bonds is 4. The quantitative estimate of drug-likeness (QED) is 0.357. The van der Waals surface area contributed by atoms with Crippen LogP contribution in [0.3, 0.4) is 0 Å². The summed E-state index contributed by atoms with van der Waals surface area (Å²) in [5.74, 6) is -0.884. The molecule has 1 rings (SSSR count). The maximum absolute atomic E-state index is 11.5. The first-order valence-corrected chi connectivity index (χ1v) is 4.99. The average molecular weight is 258 g/mol. The van der Waals surface area contributed by atoms with Gasteiger partial charge in [-0.3, -0.25) is 14.9 Å². The number of nitro benzene ring substituents is 1. The van der Waals surface area contributed by atoms with Crippen molar-refractivity contribution < 1.29 is 19.2 Å². The van der Waals surface area contributed by atoms with Crippen LogP contribution < -0.4 is 0 Å². The number of hydrogen-bond acceptors (Lipinski definition) is 5. The summed E-state index contributed by atoms with van der Waals surface area (Å²) in [6.45, 7) is 1.63. The molecule has 0 heterocycles. The topological polar surface area (TPSA) is 86.5 Å². The van der Waals surface area contributed by atoms with E-state index in [0.717, 1.165) is 12.1 Å². The average Bonchev–Trinajstić information content (AvgIpc) is 2.27. The van der Waals surface area contributed by atoms with Crippen molar-refractivity contribution in [3.63, 3.8) is 0 Å². The zero-order valence-corrected chi connectivity index (χ0v) is 9.56. The van der Waals surface area contributed by atoms with Gasteiger partial charge < -0.3 is 4.74 Å². The predicted molar refractivity (Wildman–Crippen MR) is 59.5 cm³/mol. The normalized spacial score (nSPS) is 9.76. The molecule has 0 aliphatic carbocycles. The summed E-state index contributed by atoms with van der Waals surface area (Å²) in [6.07, 6.45) is 0.443. The number of aldehydes is 1. The summed E-state index contributed by atoms with van der Waals surface area (Å²) in [5, 5.41) is 10.5. The first kappa shape index (κ1) is 13.1. The fourth-order valence-corrected chi connectivity index (χ4v) is 1.53. The molecular weight excluding hydrogens is 250 g/mol. The van der Waals surface area contributed by atoms with Gasteiger partial charge in [-0.2, -0.15) is 0 Å². The number of nitro groups is 1. The molecule has 0 amide bonds. The van der Waals surface area contributed by atoms with Crippen LogP contribution in [-0.2, 0) is 4.74 Å². The number of carbonyl (C=O) groups is 2. The van der Waals surface area contributed by atoms with Crippen LogP contribution in [0, 0.1) is 10.1 Å². The van der Waals surface area contributed by atoms with Crippen molar-refractivity contribution in [2.45, 2.75) is 6.92 Å². The van der Waals surface area contributed by atoms with Crippen molar-refractivity contribution in [2.75, 3.05) is 6.61 Å². The van der Waals surface area contributed by atoms with Crippen LogP contribution in [0.4, 0.5) is 5.69 Å². The van der Waals surface area contributed by atoms with Crippen molar-refractivity contribution in [3.05, 3.63) is 38.4 Å². The molecule has 0 unspecified atom stereocenters. The maximum Gasteiger partial charge on any atom is 0.345 e. The number of esters is 1. The standard InChI is InChI=1S/C10H8ClNO5/c1-2-17-10(14)7-3-6(5-13)4-8(11)9(7)12(15)16/h3-5H,2H2,1H3. The Hall–Kier alpha value is -1.95. The molecule has 0 radical (unpaired) electrons. The molecule has 0 fully saturated rings. The molecule has 0 aromatic heterocycles. The van der Waals surface area contributed by atoms with E-state index in [1.807, 2.05) is 0 Å². The summed E-state index contributed by atoms with van der Waals surface area (Å²) in [5.41, 5.74) is -0.814. The Morgan fingerprint density at radius 3 is 2.71 bits per heavy atom. The van der Waals surface area contributed by atoms with Crippen LogP contribution in [0.2, 0.25) is 5.02 Å². The zero-order valence-electron chi connectivity index (χ0n) is 8.81. The molecule has 6 nitrogen and oxygen atoms in total. The third kappa shape index (κ3) is 2.79. The number of ether oxygens (including phenoxy) is 1. The van der Waals surface area contributed by atoms with Gasteiger partial charge >= 0.3 is 11.7 Å². The SMILES string of the molecule is CCOC(=O)c1cc(C=O)cc(Cl)c1[N+](=O)[O-]. The van der Waals surface area contributed by atoms with Gasteiger partial charge in [-0.15, -0.1) is 0 Å². The fourth-order valence-electron chi connectivity index (χ4n) is 1.24. The second-order valence-corrected chi connectivity index (χ2v) is 3.40. The van der Waals surface area contributed by atoms with E-state index in [-0.39, 0.29) is 22.8 Å². The van der Waals surface area contributed by atoms with Gasteiger partial charge in [-0.05, 0) is 19.1 Å². The van der Waals surface area contributed by atoms with Gasteiger partial charge in [0, 0.05) is 5.56 Å². The smallest absolute Gasteiger partial charge is 0.345 e. The highest BCUT2D eigenvalue weighted by molar-refractivity contribution is 6.33. The molecule has 0 bridgehead atoms. The van der Waals surface area contributed by atoms with E-state index in [2.05, 4.69) is 4.74 Å². The zero-order chi connectivity index (χ0) is 13.0. The third-order valence-corrected chi connectivity index (χ3v) is 2.19. The summed E-state index contributed by atoms with van der Waals surface area (Å²) < 4.78 is 4.66. The van der Waals surface area contributed by atoms with Crippen LogP contribution in [0.1, 0.15) is 27.6 Å². The predicted octanol–water partition coefficient (Wildman–Crippen LogP) is 2.24. The Balaban J connectivity index is 3.42. The highest BCUT2D eigenvalue weighted by Crippen LogP contribution is 2.30. The lowest BCUT2D eigenvalue weighted by Crippen LogP contribution is -2.09. The number of nitrogens with zero attached hydrogens (tertiary/aromatic N) is 1. The van der Waals surface area contributed by atoms with E-state index >= 15 is 0 Å². The monoisotopic (exact) mass is 257 g/mol. The second-order valence-electron chi connectivity index (χ2n) is 2.99. The Morgan fingerprint density at radius 2 is 2.24 bits per heavy atom. The van der Waals surface area contributed by atoms with Gasteiger partial charge in [0.25, 0.3) is 0 Å². The maximum atomic E-state index is 11.5. The Kier molecular flexibility index (Phi) is 4.17. The molecule has 0 N–H and O–H groups in total. The van der Waals surface area contributed by atoms with Crippen molar-refractivity contribution >= 4 is 29.5 Å². The van der Waals surface area contributed by atoms with Crippen molar-refractivity contribution in [1.29, 1.82) is 0 Å². The van der Waals surface area contributed by atoms with E-state index < -0.39 is 16.6 Å². The van der Waals surface area contributed by atoms with E-state index in [4.69, 9.17) is 11.6 Å². The van der Waals surface area contributed by atoms with Gasteiger partial charge in [0.05, 0.1) is 11.5 Å². The lowest BCUT2D eigenvalue weighted by Gasteiger charge is -2.05. The summed E-state index contributed by atoms with van der Waals surface area (Å²) >= 11 is 5.64. The molecule has 0 spiro atoms. The van der Waals surface area contributed by atoms with E-state index in [1.165, 1.54) is 0 Å². The highest BCUT2D eigenvalue weighted by Gasteiger charge is 2.26. The molecule has 17 heavy (non-hydrogen) atoms. The van der Waals surface area contributed by atoms with Crippen LogP contribution in [0.15, 0.2) is 12.1 Å². The lowest BCUT2D eigenvalue weighted by molar-refractivity contribution is -0.385. The summed E-state index contributed by atoms with van der Waals surface area (Å²) in [6, 6.07) is 2.20. The van der Waals surface area contributed by atoms with Gasteiger partial charge in [0.1, 0.15) is 16.9 Å². The molecule has 0 saturated carbocycles. The Morgan fingerprint density at radius 1 is 1.59 bits per heavy atom. The Bertz CT molecular complexity index is 486. The number of carbonyl (C=O) groups excluding carboxylic acids is 2. The molecule has 1 aromatic rings. The van der Waals surface area contributed by atoms with Crippen molar-refractivity contribution in [2.24, 2.45) is 0 Å². The van der Waals surface area contributed by atoms with E-state index in [1.54, 1.807) is 6.92 Å². The molecular formula is C10H8ClNO5. The Labute approximate surface area is 101 Å². The van der Waals surface area contributed by atoms with Crippen LogP contribution in [0.25, 0.3) is 0 Å². The first-order valence-electron chi connectivity index (χ1n) is 4.61. The van der Waals surface area contributed by atoms with E-state index in [9.17, 15) is 19.7 Å². The molecule has 1 aromatic carbocycles. The van der Waals surface area contributed by atoms with Crippen molar-refractivity contribution in [3.8, 4) is 0 Å². The van der Waals surface area contributed by atoms with Crippen LogP contribution in [0.5, 0.6) is 0 Å². The third-order valence-electron chi connectivity index (χ3n) is 1.90. The van der Waals surface area contributed by atoms with Crippen LogP contribution >= 0.6 is 11.6 Å². The number of halogens is 1. The summed E-state index contributed by atoms with van der Waals surface area (Å²) in [4.78, 5) is 32.1. The van der Waals surface area contributed by atoms with Crippen molar-refractivity contribution in [1.82, 2.24) is 0 Å². The fraction of sp³-hybridized carbons (Fsp3) is 0.200. The summed E-state index contributed by atoms with van der Waals surface area (Å²) in [7, 11) is 0. The first-order chi connectivity index (χ1) is 8.01. The molecule has 0 atom stereocenters. The lowest BCUT2D eigenvalue weighted by atomic mass is 10.1. The minimum Gasteiger partial charge on any atom is -0.462 e. The molecule has 0 aliphatic heterocycles. The number of hydrogen-bond donors (Lipinski definition) is 0. The molecule has 0 saturated heterocycles. The molecule has 0 aliphatic rings. The van der Waals surface area contributed by atoms with Gasteiger partial charge in [-0.1, -0.05) is 11.6 Å². The minimum atomic E-state index is -0.884. The molecule has 90 valence electrons. The highest BCUT2D eigenvalue weighted by atomic mass is 35.5. The number of benzene rings is 1. The van der Waals surface area contributed by atoms with Gasteiger partial charge in [0.2, 0.25) is 0 Å². The minimum absolute atomic E-state index is 0.0684. The van der Waals surface area contributed by atoms with E-state index in [0.29, 0.717) is 6.29 Å². The largest absolute Gasteiger partial charge is 0.462 e. The van der Waals surface area contributed by atoms with Crippen LogP contribution in [-0.4, -0.2) is 23.8 Å². The molecule has 7 heteroatoms. The second kappa shape index (κ2) is 5.40.